The zero-order valence-corrected chi connectivity index (χ0v) is 11.7. The molecule has 0 radical (unpaired) electrons. The van der Waals surface area contributed by atoms with E-state index in [1.807, 2.05) is 0 Å². The molecule has 1 heterocycles. The fraction of sp³-hybridized carbons (Fsp3) is 0.0625. The molecule has 5 heteroatoms. The number of aryl methyl sites for hydroxylation is 1. The van der Waals surface area contributed by atoms with Crippen molar-refractivity contribution < 1.29 is 18.0 Å². The van der Waals surface area contributed by atoms with Crippen LogP contribution in [-0.2, 0) is 0 Å². The van der Waals surface area contributed by atoms with E-state index in [1.165, 1.54) is 6.07 Å². The summed E-state index contributed by atoms with van der Waals surface area (Å²) < 4.78 is 32.9. The molecular weight excluding hydrogens is 298 g/mol. The molecular formula is C16H9ClF2O2. The number of hydrogen-bond acceptors (Lipinski definition) is 2. The van der Waals surface area contributed by atoms with Crippen molar-refractivity contribution in [2.75, 3.05) is 0 Å². The van der Waals surface area contributed by atoms with Gasteiger partial charge in [-0.2, -0.15) is 0 Å². The second-order valence-electron chi connectivity index (χ2n) is 4.62. The molecule has 1 aromatic heterocycles. The van der Waals surface area contributed by atoms with Gasteiger partial charge < -0.3 is 4.42 Å². The highest BCUT2D eigenvalue weighted by atomic mass is 35.5. The van der Waals surface area contributed by atoms with E-state index in [4.69, 9.17) is 16.0 Å². The van der Waals surface area contributed by atoms with E-state index in [0.29, 0.717) is 21.6 Å². The highest BCUT2D eigenvalue weighted by Gasteiger charge is 2.24. The first-order chi connectivity index (χ1) is 9.99. The van der Waals surface area contributed by atoms with Gasteiger partial charge in [0.25, 0.3) is 0 Å². The van der Waals surface area contributed by atoms with E-state index >= 15 is 0 Å². The Morgan fingerprint density at radius 3 is 2.48 bits per heavy atom. The normalized spacial score (nSPS) is 11.0. The average Bonchev–Trinajstić information content (AvgIpc) is 2.76. The van der Waals surface area contributed by atoms with Crippen molar-refractivity contribution in [3.05, 3.63) is 69.9 Å². The van der Waals surface area contributed by atoms with E-state index in [9.17, 15) is 13.6 Å². The number of ketones is 1. The lowest BCUT2D eigenvalue weighted by molar-refractivity contribution is 0.100. The fourth-order valence-corrected chi connectivity index (χ4v) is 2.41. The zero-order valence-electron chi connectivity index (χ0n) is 10.9. The summed E-state index contributed by atoms with van der Waals surface area (Å²) in [7, 11) is 0. The Hall–Kier alpha value is -2.20. The lowest BCUT2D eigenvalue weighted by atomic mass is 10.0. The Bertz CT molecular complexity index is 848. The summed E-state index contributed by atoms with van der Waals surface area (Å²) in [5, 5.41) is 1.13. The molecule has 3 rings (SSSR count). The van der Waals surface area contributed by atoms with Gasteiger partial charge >= 0.3 is 0 Å². The first kappa shape index (κ1) is 13.8. The molecule has 0 aliphatic rings. The van der Waals surface area contributed by atoms with Gasteiger partial charge in [0.1, 0.15) is 17.2 Å². The van der Waals surface area contributed by atoms with Crippen molar-refractivity contribution >= 4 is 28.4 Å². The molecule has 0 atom stereocenters. The van der Waals surface area contributed by atoms with Crippen LogP contribution in [0.4, 0.5) is 8.78 Å². The van der Waals surface area contributed by atoms with Gasteiger partial charge in [-0.3, -0.25) is 4.79 Å². The number of rotatable bonds is 2. The molecule has 21 heavy (non-hydrogen) atoms. The van der Waals surface area contributed by atoms with Crippen LogP contribution >= 0.6 is 11.6 Å². The average molecular weight is 307 g/mol. The summed E-state index contributed by atoms with van der Waals surface area (Å²) in [6, 6.07) is 8.14. The van der Waals surface area contributed by atoms with Crippen molar-refractivity contribution in [3.8, 4) is 0 Å². The van der Waals surface area contributed by atoms with Crippen LogP contribution in [-0.4, -0.2) is 5.78 Å². The standard InChI is InChI=1S/C16H9ClF2O2/c1-8-10-7-9(17)5-6-13(10)21-16(8)15(20)14-11(18)3-2-4-12(14)19/h2-7H,1H3. The second-order valence-corrected chi connectivity index (χ2v) is 5.06. The topological polar surface area (TPSA) is 30.2 Å². The molecule has 0 fully saturated rings. The number of hydrogen-bond donors (Lipinski definition) is 0. The molecule has 0 amide bonds. The summed E-state index contributed by atoms with van der Waals surface area (Å²) in [6.07, 6.45) is 0. The van der Waals surface area contributed by atoms with Crippen LogP contribution in [0.2, 0.25) is 5.02 Å². The van der Waals surface area contributed by atoms with Gasteiger partial charge in [0.15, 0.2) is 5.76 Å². The molecule has 0 saturated heterocycles. The minimum atomic E-state index is -0.919. The van der Waals surface area contributed by atoms with Crippen molar-refractivity contribution in [1.29, 1.82) is 0 Å². The monoisotopic (exact) mass is 306 g/mol. The number of halogens is 3. The minimum absolute atomic E-state index is 0.0868. The van der Waals surface area contributed by atoms with Crippen molar-refractivity contribution in [2.45, 2.75) is 6.92 Å². The number of fused-ring (bicyclic) bond motifs is 1. The van der Waals surface area contributed by atoms with E-state index in [-0.39, 0.29) is 5.76 Å². The van der Waals surface area contributed by atoms with E-state index in [2.05, 4.69) is 0 Å². The van der Waals surface area contributed by atoms with E-state index in [0.717, 1.165) is 12.1 Å². The maximum absolute atomic E-state index is 13.7. The first-order valence-corrected chi connectivity index (χ1v) is 6.54. The number of carbonyl (C=O) groups excluding carboxylic acids is 1. The predicted octanol–water partition coefficient (Wildman–Crippen LogP) is 4.90. The largest absolute Gasteiger partial charge is 0.452 e. The van der Waals surface area contributed by atoms with Gasteiger partial charge in [0.2, 0.25) is 5.78 Å². The fourth-order valence-electron chi connectivity index (χ4n) is 2.24. The third-order valence-corrected chi connectivity index (χ3v) is 3.53. The molecule has 106 valence electrons. The van der Waals surface area contributed by atoms with Crippen LogP contribution in [0.5, 0.6) is 0 Å². The number of benzene rings is 2. The summed E-state index contributed by atoms with van der Waals surface area (Å²) in [5.41, 5.74) is 0.322. The Morgan fingerprint density at radius 1 is 1.14 bits per heavy atom. The van der Waals surface area contributed by atoms with Crippen molar-refractivity contribution in [3.63, 3.8) is 0 Å². The van der Waals surface area contributed by atoms with Gasteiger partial charge in [0, 0.05) is 16.0 Å². The lowest BCUT2D eigenvalue weighted by Crippen LogP contribution is -2.07. The third kappa shape index (κ3) is 2.21. The van der Waals surface area contributed by atoms with Gasteiger partial charge in [-0.25, -0.2) is 8.78 Å². The van der Waals surface area contributed by atoms with Crippen LogP contribution in [0, 0.1) is 18.6 Å². The summed E-state index contributed by atoms with van der Waals surface area (Å²) in [6.45, 7) is 1.65. The van der Waals surface area contributed by atoms with Crippen molar-refractivity contribution in [2.24, 2.45) is 0 Å². The van der Waals surface area contributed by atoms with E-state index < -0.39 is 23.0 Å². The van der Waals surface area contributed by atoms with Gasteiger partial charge in [-0.15, -0.1) is 0 Å². The van der Waals surface area contributed by atoms with Crippen molar-refractivity contribution in [1.82, 2.24) is 0 Å². The van der Waals surface area contributed by atoms with Crippen LogP contribution < -0.4 is 0 Å². The zero-order chi connectivity index (χ0) is 15.1. The molecule has 0 bridgehead atoms. The van der Waals surface area contributed by atoms with Gasteiger partial charge in [0.05, 0.1) is 5.56 Å². The SMILES string of the molecule is Cc1c(C(=O)c2c(F)cccc2F)oc2ccc(Cl)cc12. The Balaban J connectivity index is 2.21. The highest BCUT2D eigenvalue weighted by molar-refractivity contribution is 6.31. The molecule has 0 spiro atoms. The Kier molecular flexibility index (Phi) is 3.26. The van der Waals surface area contributed by atoms with Crippen LogP contribution in [0.1, 0.15) is 21.7 Å². The molecule has 0 unspecified atom stereocenters. The van der Waals surface area contributed by atoms with Crippen LogP contribution in [0.25, 0.3) is 11.0 Å². The molecule has 2 nitrogen and oxygen atoms in total. The molecule has 2 aromatic carbocycles. The quantitative estimate of drug-likeness (QED) is 0.630. The van der Waals surface area contributed by atoms with Crippen LogP contribution in [0.15, 0.2) is 40.8 Å². The second kappa shape index (κ2) is 4.97. The number of carbonyl (C=O) groups is 1. The molecule has 0 aliphatic carbocycles. The highest BCUT2D eigenvalue weighted by Crippen LogP contribution is 2.30. The maximum atomic E-state index is 13.7. The number of furan rings is 1. The summed E-state index contributed by atoms with van der Waals surface area (Å²) >= 11 is 5.90. The Morgan fingerprint density at radius 2 is 1.81 bits per heavy atom. The van der Waals surface area contributed by atoms with E-state index in [1.54, 1.807) is 25.1 Å². The molecule has 0 aliphatic heterocycles. The molecule has 0 N–H and O–H groups in total. The minimum Gasteiger partial charge on any atom is -0.452 e. The predicted molar refractivity (Wildman–Crippen MR) is 75.8 cm³/mol. The molecule has 3 aromatic rings. The van der Waals surface area contributed by atoms with Crippen LogP contribution in [0.3, 0.4) is 0 Å². The third-order valence-electron chi connectivity index (χ3n) is 3.29. The van der Waals surface area contributed by atoms with Gasteiger partial charge in [-0.1, -0.05) is 17.7 Å². The van der Waals surface area contributed by atoms with Gasteiger partial charge in [-0.05, 0) is 37.3 Å². The molecule has 0 saturated carbocycles. The lowest BCUT2D eigenvalue weighted by Gasteiger charge is -2.02. The Labute approximate surface area is 123 Å². The summed E-state index contributed by atoms with van der Waals surface area (Å²) in [5.74, 6) is -2.75. The maximum Gasteiger partial charge on any atom is 0.234 e. The first-order valence-electron chi connectivity index (χ1n) is 6.16. The summed E-state index contributed by atoms with van der Waals surface area (Å²) in [4.78, 5) is 12.4. The smallest absolute Gasteiger partial charge is 0.234 e.